The van der Waals surface area contributed by atoms with Crippen LogP contribution in [0.5, 0.6) is 5.75 Å². The summed E-state index contributed by atoms with van der Waals surface area (Å²) in [7, 11) is 0. The van der Waals surface area contributed by atoms with Crippen molar-refractivity contribution in [3.8, 4) is 5.75 Å². The van der Waals surface area contributed by atoms with Crippen molar-refractivity contribution in [2.75, 3.05) is 39.5 Å². The Balaban J connectivity index is 1.34. The third-order valence-corrected chi connectivity index (χ3v) is 11.5. The Morgan fingerprint density at radius 3 is 1.95 bits per heavy atom. The molecule has 2 saturated heterocycles. The molecule has 16 nitrogen and oxygen atoms in total. The van der Waals surface area contributed by atoms with Crippen molar-refractivity contribution in [1.82, 2.24) is 15.5 Å². The predicted molar refractivity (Wildman–Crippen MR) is 243 cm³/mol. The van der Waals surface area contributed by atoms with Crippen LogP contribution in [0.15, 0.2) is 90.1 Å². The molecule has 5 rings (SSSR count). The van der Waals surface area contributed by atoms with E-state index in [9.17, 15) is 34.1 Å². The van der Waals surface area contributed by atoms with Gasteiger partial charge in [-0.3, -0.25) is 39.0 Å². The number of Topliss-reactive ketones (excluding diaryl/α,β-unsaturated/α-hetero) is 2. The first-order chi connectivity index (χ1) is 31.1. The van der Waals surface area contributed by atoms with Crippen LogP contribution < -0.4 is 15.4 Å². The zero-order valence-electron chi connectivity index (χ0n) is 38.1. The number of aryl methyl sites for hydroxylation is 1. The molecular weight excluding hydrogens is 835 g/mol. The van der Waals surface area contributed by atoms with Crippen LogP contribution in [0.2, 0.25) is 0 Å². The Bertz CT molecular complexity index is 2090. The summed E-state index contributed by atoms with van der Waals surface area (Å²) in [4.78, 5) is 87.3. The van der Waals surface area contributed by atoms with Gasteiger partial charge in [0.1, 0.15) is 22.8 Å². The number of hydrogen-bond acceptors (Lipinski definition) is 13. The number of hydrogen-bond donors (Lipinski definition) is 2. The highest BCUT2D eigenvalue weighted by molar-refractivity contribution is 6.01. The topological polar surface area (TPSA) is 208 Å². The molecule has 2 fully saturated rings. The molecule has 2 amide bonds. The lowest BCUT2D eigenvalue weighted by Gasteiger charge is -2.28. The average molecular weight is 898 g/mol. The number of rotatable bonds is 25. The number of nitrogens with zero attached hydrogens (tertiary/aromatic N) is 3. The number of non-ortho nitro benzene ring substituents is 1. The lowest BCUT2D eigenvalue weighted by molar-refractivity contribution is -0.384. The van der Waals surface area contributed by atoms with Crippen LogP contribution in [0.3, 0.4) is 0 Å². The first kappa shape index (κ1) is 50.2. The maximum Gasteiger partial charge on any atom is 0.540 e. The van der Waals surface area contributed by atoms with Gasteiger partial charge in [0.25, 0.3) is 5.69 Å². The van der Waals surface area contributed by atoms with Gasteiger partial charge in [0.15, 0.2) is 5.78 Å². The Kier molecular flexibility index (Phi) is 18.9. The Morgan fingerprint density at radius 1 is 0.800 bits per heavy atom. The third kappa shape index (κ3) is 16.6. The SMILES string of the molecule is CC(C)C[C@H](NC(=O)[C@H](CCc1ccccc1)CC(=O)CN1CCOCC1)C(=O)C[C@@H](Cc1ccccc1)C(=O)N[C@@H](CC(C)C)/C(=N/OC(=O)Oc1ccc([N+](=O)[O-])cc1)[C@@]1(C)CO1. The van der Waals surface area contributed by atoms with Crippen LogP contribution in [0.4, 0.5) is 10.5 Å². The summed E-state index contributed by atoms with van der Waals surface area (Å²) in [6.07, 6.45) is 0.521. The summed E-state index contributed by atoms with van der Waals surface area (Å²) in [6.45, 7) is 12.4. The number of oxime groups is 1. The molecule has 0 radical (unpaired) electrons. The Labute approximate surface area is 380 Å². The molecule has 2 N–H and O–H groups in total. The van der Waals surface area contributed by atoms with Crippen LogP contribution in [0.25, 0.3) is 0 Å². The van der Waals surface area contributed by atoms with E-state index in [4.69, 9.17) is 19.0 Å². The van der Waals surface area contributed by atoms with Gasteiger partial charge in [0, 0.05) is 49.9 Å². The molecule has 0 unspecified atom stereocenters. The lowest BCUT2D eigenvalue weighted by Crippen LogP contribution is -2.50. The van der Waals surface area contributed by atoms with Gasteiger partial charge in [0.05, 0.1) is 43.4 Å². The van der Waals surface area contributed by atoms with Gasteiger partial charge in [-0.2, -0.15) is 0 Å². The molecule has 0 aliphatic carbocycles. The van der Waals surface area contributed by atoms with Crippen molar-refractivity contribution in [2.45, 2.75) is 97.2 Å². The number of epoxide rings is 1. The van der Waals surface area contributed by atoms with Crippen molar-refractivity contribution in [2.24, 2.45) is 28.8 Å². The minimum Gasteiger partial charge on any atom is -0.393 e. The van der Waals surface area contributed by atoms with Crippen molar-refractivity contribution >= 4 is 40.9 Å². The highest BCUT2D eigenvalue weighted by atomic mass is 16.8. The van der Waals surface area contributed by atoms with Crippen LogP contribution in [0, 0.1) is 33.8 Å². The first-order valence-electron chi connectivity index (χ1n) is 22.5. The fraction of sp³-hybridized carbons (Fsp3) is 0.510. The quantitative estimate of drug-likeness (QED) is 0.0174. The van der Waals surface area contributed by atoms with Gasteiger partial charge in [0.2, 0.25) is 11.8 Å². The summed E-state index contributed by atoms with van der Waals surface area (Å²) in [5, 5.41) is 21.3. The number of morpholine rings is 1. The second kappa shape index (κ2) is 24.4. The van der Waals surface area contributed by atoms with Crippen LogP contribution >= 0.6 is 0 Å². The van der Waals surface area contributed by atoms with Gasteiger partial charge in [-0.15, -0.1) is 0 Å². The fourth-order valence-corrected chi connectivity index (χ4v) is 7.85. The van der Waals surface area contributed by atoms with E-state index in [1.54, 1.807) is 6.92 Å². The first-order valence-corrected chi connectivity index (χ1v) is 22.5. The standard InChI is InChI=1S/C49H63N5O11/c1-33(2)26-42(50-46(57)37(17-16-35-12-8-6-9-13-35)29-40(55)31-53-22-24-62-25-23-53)44(56)30-38(28-36-14-10-7-11-15-36)47(58)51-43(27-34(3)4)45(49(5)32-63-49)52-65-48(59)64-41-20-18-39(19-21-41)54(60)61/h6-15,18-21,33-34,37-38,42-43H,16-17,22-32H2,1-5H3,(H,50,57)(H,51,58)/b52-45-/t37-,38-,42+,43+,49-/m1/s1. The average Bonchev–Trinajstić information content (AvgIpc) is 4.02. The monoisotopic (exact) mass is 897 g/mol. The maximum atomic E-state index is 14.6. The molecule has 0 spiro atoms. The zero-order chi connectivity index (χ0) is 46.9. The molecule has 65 heavy (non-hydrogen) atoms. The van der Waals surface area contributed by atoms with Gasteiger partial charge in [-0.1, -0.05) is 93.5 Å². The van der Waals surface area contributed by atoms with Crippen molar-refractivity contribution in [1.29, 1.82) is 0 Å². The van der Waals surface area contributed by atoms with Gasteiger partial charge in [-0.05, 0) is 74.1 Å². The second-order valence-electron chi connectivity index (χ2n) is 18.0. The normalized spacial score (nSPS) is 18.2. The lowest BCUT2D eigenvalue weighted by atomic mass is 9.87. The van der Waals surface area contributed by atoms with Gasteiger partial charge < -0.3 is 24.8 Å². The number of carbonyl (C=O) groups is 5. The minimum absolute atomic E-state index is 0.00128. The number of ketones is 2. The molecule has 2 aliphatic rings. The number of nitrogens with one attached hydrogen (secondary N) is 2. The summed E-state index contributed by atoms with van der Waals surface area (Å²) in [5.41, 5.74) is 0.943. The zero-order valence-corrected chi connectivity index (χ0v) is 38.1. The molecule has 0 aromatic heterocycles. The van der Waals surface area contributed by atoms with Crippen molar-refractivity contribution < 1.29 is 47.9 Å². The molecule has 3 aromatic rings. The summed E-state index contributed by atoms with van der Waals surface area (Å²) >= 11 is 0. The largest absolute Gasteiger partial charge is 0.540 e. The highest BCUT2D eigenvalue weighted by Crippen LogP contribution is 2.32. The Morgan fingerprint density at radius 2 is 1.37 bits per heavy atom. The molecule has 350 valence electrons. The summed E-state index contributed by atoms with van der Waals surface area (Å²) in [6, 6.07) is 22.3. The molecule has 0 bridgehead atoms. The fourth-order valence-electron chi connectivity index (χ4n) is 7.85. The van der Waals surface area contributed by atoms with Crippen molar-refractivity contribution in [3.63, 3.8) is 0 Å². The summed E-state index contributed by atoms with van der Waals surface area (Å²) < 4.78 is 16.4. The molecule has 0 saturated carbocycles. The number of amides is 2. The number of nitro groups is 1. The highest BCUT2D eigenvalue weighted by Gasteiger charge is 2.49. The third-order valence-electron chi connectivity index (χ3n) is 11.5. The molecule has 16 heteroatoms. The smallest absolute Gasteiger partial charge is 0.393 e. The van der Waals surface area contributed by atoms with E-state index < -0.39 is 46.5 Å². The number of ether oxygens (including phenoxy) is 3. The van der Waals surface area contributed by atoms with E-state index in [0.717, 1.165) is 11.1 Å². The number of benzene rings is 3. The maximum absolute atomic E-state index is 14.6. The summed E-state index contributed by atoms with van der Waals surface area (Å²) in [5.74, 6) is -2.70. The van der Waals surface area contributed by atoms with E-state index in [2.05, 4.69) is 15.8 Å². The molecule has 2 aliphatic heterocycles. The van der Waals surface area contributed by atoms with E-state index >= 15 is 0 Å². The predicted octanol–water partition coefficient (Wildman–Crippen LogP) is 6.68. The number of carbonyl (C=O) groups excluding carboxylic acids is 5. The van der Waals surface area contributed by atoms with Crippen LogP contribution in [0.1, 0.15) is 77.8 Å². The molecule has 3 aromatic carbocycles. The van der Waals surface area contributed by atoms with Crippen LogP contribution in [-0.2, 0) is 46.3 Å². The van der Waals surface area contributed by atoms with E-state index in [0.29, 0.717) is 52.0 Å². The second-order valence-corrected chi connectivity index (χ2v) is 18.0. The van der Waals surface area contributed by atoms with E-state index in [1.807, 2.05) is 93.3 Å². The molecule has 2 heterocycles. The van der Waals surface area contributed by atoms with Crippen LogP contribution in [-0.4, -0.2) is 102 Å². The van der Waals surface area contributed by atoms with Gasteiger partial charge in [-0.25, -0.2) is 4.79 Å². The van der Waals surface area contributed by atoms with E-state index in [-0.39, 0.29) is 78.9 Å². The Hall–Kier alpha value is -5.84. The van der Waals surface area contributed by atoms with Gasteiger partial charge >= 0.3 is 6.16 Å². The number of nitro benzene ring substituents is 1. The van der Waals surface area contributed by atoms with Crippen molar-refractivity contribution in [3.05, 3.63) is 106 Å². The minimum atomic E-state index is -1.20. The molecular formula is C49H63N5O11. The molecule has 5 atom stereocenters. The van der Waals surface area contributed by atoms with E-state index in [1.165, 1.54) is 24.3 Å².